The van der Waals surface area contributed by atoms with E-state index >= 15 is 0 Å². The van der Waals surface area contributed by atoms with Gasteiger partial charge in [0, 0.05) is 0 Å². The van der Waals surface area contributed by atoms with E-state index in [0.717, 1.165) is 6.42 Å². The molecule has 0 fully saturated rings. The number of amides is 1. The van der Waals surface area contributed by atoms with E-state index in [-0.39, 0.29) is 18.0 Å². The minimum Gasteiger partial charge on any atom is -0.391 e. The lowest BCUT2D eigenvalue weighted by Gasteiger charge is -2.22. The van der Waals surface area contributed by atoms with Gasteiger partial charge in [0.25, 0.3) is 0 Å². The van der Waals surface area contributed by atoms with Gasteiger partial charge in [-0.3, -0.25) is 4.79 Å². The molecule has 3 atom stereocenters. The first-order valence-corrected chi connectivity index (χ1v) is 5.54. The lowest BCUT2D eigenvalue weighted by molar-refractivity contribution is -0.124. The van der Waals surface area contributed by atoms with Gasteiger partial charge in [0.1, 0.15) is 0 Å². The van der Waals surface area contributed by atoms with Crippen LogP contribution in [0.5, 0.6) is 0 Å². The number of likely N-dealkylation sites (N-methyl/N-ethyl adjacent to an activating group) is 1. The van der Waals surface area contributed by atoms with E-state index < -0.39 is 6.10 Å². The molecule has 0 unspecified atom stereocenters. The van der Waals surface area contributed by atoms with Crippen molar-refractivity contribution in [2.24, 2.45) is 5.92 Å². The highest BCUT2D eigenvalue weighted by molar-refractivity contribution is 5.82. The monoisotopic (exact) mass is 216 g/mol. The number of carbonyl (C=O) groups is 1. The topological polar surface area (TPSA) is 61.4 Å². The number of hydrogen-bond acceptors (Lipinski definition) is 3. The summed E-state index contributed by atoms with van der Waals surface area (Å²) in [6.07, 6.45) is 0.278. The van der Waals surface area contributed by atoms with E-state index in [2.05, 4.69) is 24.5 Å². The van der Waals surface area contributed by atoms with Crippen LogP contribution in [0.4, 0.5) is 0 Å². The Labute approximate surface area is 92.4 Å². The summed E-state index contributed by atoms with van der Waals surface area (Å²) in [7, 11) is 1.78. The van der Waals surface area contributed by atoms with E-state index in [1.54, 1.807) is 20.9 Å². The highest BCUT2D eigenvalue weighted by Crippen LogP contribution is 2.05. The van der Waals surface area contributed by atoms with Gasteiger partial charge in [0.15, 0.2) is 0 Å². The SMILES string of the molecule is CN[C@H](CC(C)C)C(=O)N[C@@H](C)[C@@H](C)O. The maximum Gasteiger partial charge on any atom is 0.237 e. The minimum atomic E-state index is -0.523. The first kappa shape index (κ1) is 14.4. The number of nitrogens with one attached hydrogen (secondary N) is 2. The second-order valence-electron chi connectivity index (χ2n) is 4.51. The lowest BCUT2D eigenvalue weighted by Crippen LogP contribution is -2.49. The highest BCUT2D eigenvalue weighted by atomic mass is 16.3. The third kappa shape index (κ3) is 5.74. The Bertz CT molecular complexity index is 193. The molecule has 0 rings (SSSR count). The molecule has 0 heterocycles. The molecule has 1 amide bonds. The molecule has 0 aromatic carbocycles. The maximum atomic E-state index is 11.7. The van der Waals surface area contributed by atoms with Crippen LogP contribution in [0.1, 0.15) is 34.1 Å². The molecule has 0 radical (unpaired) electrons. The highest BCUT2D eigenvalue weighted by Gasteiger charge is 2.20. The summed E-state index contributed by atoms with van der Waals surface area (Å²) >= 11 is 0. The summed E-state index contributed by atoms with van der Waals surface area (Å²) in [4.78, 5) is 11.7. The summed E-state index contributed by atoms with van der Waals surface area (Å²) in [5, 5.41) is 15.0. The van der Waals surface area contributed by atoms with Gasteiger partial charge in [-0.05, 0) is 33.2 Å². The van der Waals surface area contributed by atoms with Crippen LogP contribution in [0.25, 0.3) is 0 Å². The van der Waals surface area contributed by atoms with Crippen molar-refractivity contribution < 1.29 is 9.90 Å². The van der Waals surface area contributed by atoms with Gasteiger partial charge in [0.2, 0.25) is 5.91 Å². The second kappa shape index (κ2) is 6.80. The Morgan fingerprint density at radius 2 is 1.80 bits per heavy atom. The van der Waals surface area contributed by atoms with Crippen molar-refractivity contribution in [1.82, 2.24) is 10.6 Å². The molecule has 90 valence electrons. The first-order valence-electron chi connectivity index (χ1n) is 5.54. The summed E-state index contributed by atoms with van der Waals surface area (Å²) in [6, 6.07) is -0.383. The molecule has 0 saturated heterocycles. The Morgan fingerprint density at radius 1 is 1.27 bits per heavy atom. The molecule has 0 aliphatic rings. The molecule has 0 bridgehead atoms. The third-order valence-corrected chi connectivity index (χ3v) is 2.47. The average Bonchev–Trinajstić information content (AvgIpc) is 2.13. The Kier molecular flexibility index (Phi) is 6.52. The van der Waals surface area contributed by atoms with Gasteiger partial charge in [-0.15, -0.1) is 0 Å². The van der Waals surface area contributed by atoms with E-state index in [1.807, 2.05) is 0 Å². The molecule has 4 heteroatoms. The average molecular weight is 216 g/mol. The zero-order valence-electron chi connectivity index (χ0n) is 10.4. The normalized spacial score (nSPS) is 17.3. The van der Waals surface area contributed by atoms with Crippen LogP contribution in [0.2, 0.25) is 0 Å². The lowest BCUT2D eigenvalue weighted by atomic mass is 10.0. The van der Waals surface area contributed by atoms with Gasteiger partial charge in [-0.1, -0.05) is 13.8 Å². The smallest absolute Gasteiger partial charge is 0.237 e. The fraction of sp³-hybridized carbons (Fsp3) is 0.909. The predicted octanol–water partition coefficient (Wildman–Crippen LogP) is 0.506. The number of rotatable bonds is 6. The van der Waals surface area contributed by atoms with Crippen molar-refractivity contribution in [3.8, 4) is 0 Å². The quantitative estimate of drug-likeness (QED) is 0.606. The van der Waals surface area contributed by atoms with E-state index in [4.69, 9.17) is 0 Å². The Hall–Kier alpha value is -0.610. The Morgan fingerprint density at radius 3 is 2.13 bits per heavy atom. The van der Waals surface area contributed by atoms with Gasteiger partial charge < -0.3 is 15.7 Å². The molecule has 0 saturated carbocycles. The standard InChI is InChI=1S/C11H24N2O2/c1-7(2)6-10(12-5)11(15)13-8(3)9(4)14/h7-10,12,14H,6H2,1-5H3,(H,13,15)/t8-,9+,10+/m0/s1. The molecule has 0 spiro atoms. The fourth-order valence-electron chi connectivity index (χ4n) is 1.27. The van der Waals surface area contributed by atoms with Crippen LogP contribution < -0.4 is 10.6 Å². The van der Waals surface area contributed by atoms with Crippen LogP contribution >= 0.6 is 0 Å². The maximum absolute atomic E-state index is 11.7. The molecular weight excluding hydrogens is 192 g/mol. The summed E-state index contributed by atoms with van der Waals surface area (Å²) < 4.78 is 0. The van der Waals surface area contributed by atoms with Crippen molar-refractivity contribution in [3.05, 3.63) is 0 Å². The molecular formula is C11H24N2O2. The zero-order valence-corrected chi connectivity index (χ0v) is 10.4. The minimum absolute atomic E-state index is 0.0420. The number of hydrogen-bond donors (Lipinski definition) is 3. The predicted molar refractivity (Wildman–Crippen MR) is 61.6 cm³/mol. The molecule has 3 N–H and O–H groups in total. The van der Waals surface area contributed by atoms with Crippen LogP contribution in [0, 0.1) is 5.92 Å². The van der Waals surface area contributed by atoms with Crippen molar-refractivity contribution in [2.75, 3.05) is 7.05 Å². The summed E-state index contributed by atoms with van der Waals surface area (Å²) in [6.45, 7) is 7.62. The van der Waals surface area contributed by atoms with Crippen molar-refractivity contribution >= 4 is 5.91 Å². The van der Waals surface area contributed by atoms with Gasteiger partial charge in [0.05, 0.1) is 18.2 Å². The van der Waals surface area contributed by atoms with Crippen LogP contribution in [-0.4, -0.2) is 36.2 Å². The van der Waals surface area contributed by atoms with E-state index in [0.29, 0.717) is 5.92 Å². The van der Waals surface area contributed by atoms with E-state index in [9.17, 15) is 9.90 Å². The zero-order chi connectivity index (χ0) is 12.0. The number of aliphatic hydroxyl groups is 1. The molecule has 0 aromatic heterocycles. The molecule has 0 aromatic rings. The Balaban J connectivity index is 4.15. The molecule has 0 aliphatic heterocycles. The van der Waals surface area contributed by atoms with Gasteiger partial charge in [-0.25, -0.2) is 0 Å². The van der Waals surface area contributed by atoms with Crippen molar-refractivity contribution in [3.63, 3.8) is 0 Å². The number of carbonyl (C=O) groups excluding carboxylic acids is 1. The van der Waals surface area contributed by atoms with Crippen LogP contribution in [0.3, 0.4) is 0 Å². The summed E-state index contributed by atoms with van der Waals surface area (Å²) in [5.74, 6) is 0.426. The molecule has 4 nitrogen and oxygen atoms in total. The van der Waals surface area contributed by atoms with Crippen LogP contribution in [-0.2, 0) is 4.79 Å². The largest absolute Gasteiger partial charge is 0.391 e. The van der Waals surface area contributed by atoms with Gasteiger partial charge in [-0.2, -0.15) is 0 Å². The van der Waals surface area contributed by atoms with E-state index in [1.165, 1.54) is 0 Å². The van der Waals surface area contributed by atoms with Crippen molar-refractivity contribution in [2.45, 2.75) is 52.3 Å². The summed E-state index contributed by atoms with van der Waals surface area (Å²) in [5.41, 5.74) is 0. The third-order valence-electron chi connectivity index (χ3n) is 2.47. The molecule has 0 aliphatic carbocycles. The number of aliphatic hydroxyl groups excluding tert-OH is 1. The van der Waals surface area contributed by atoms with Gasteiger partial charge >= 0.3 is 0 Å². The molecule has 15 heavy (non-hydrogen) atoms. The fourth-order valence-corrected chi connectivity index (χ4v) is 1.27. The second-order valence-corrected chi connectivity index (χ2v) is 4.51. The first-order chi connectivity index (χ1) is 6.88. The van der Waals surface area contributed by atoms with Crippen molar-refractivity contribution in [1.29, 1.82) is 0 Å². The van der Waals surface area contributed by atoms with Crippen LogP contribution in [0.15, 0.2) is 0 Å².